The van der Waals surface area contributed by atoms with E-state index in [0.29, 0.717) is 31.1 Å². The molecule has 0 aliphatic heterocycles. The lowest BCUT2D eigenvalue weighted by Gasteiger charge is -2.13. The van der Waals surface area contributed by atoms with Crippen LogP contribution in [0.2, 0.25) is 0 Å². The molecule has 0 saturated carbocycles. The van der Waals surface area contributed by atoms with Gasteiger partial charge in [0.15, 0.2) is 0 Å². The number of hydrogen-bond acceptors (Lipinski definition) is 7. The average Bonchev–Trinajstić information content (AvgIpc) is 2.76. The predicted octanol–water partition coefficient (Wildman–Crippen LogP) is 4.35. The first-order valence-corrected chi connectivity index (χ1v) is 11.7. The van der Waals surface area contributed by atoms with Gasteiger partial charge >= 0.3 is 6.03 Å². The molecule has 0 aliphatic rings. The van der Waals surface area contributed by atoms with Crippen molar-refractivity contribution in [1.82, 2.24) is 10.0 Å². The normalized spacial score (nSPS) is 10.9. The summed E-state index contributed by atoms with van der Waals surface area (Å²) in [5, 5.41) is 13.6. The quantitative estimate of drug-likeness (QED) is 0.270. The van der Waals surface area contributed by atoms with Crippen LogP contribution in [0.5, 0.6) is 17.2 Å². The lowest BCUT2D eigenvalue weighted by molar-refractivity contribution is -0.385. The number of urea groups is 1. The lowest BCUT2D eigenvalue weighted by atomic mass is 10.2. The van der Waals surface area contributed by atoms with Crippen LogP contribution in [-0.4, -0.2) is 32.5 Å². The van der Waals surface area contributed by atoms with E-state index in [4.69, 9.17) is 9.47 Å². The molecule has 2 amide bonds. The Morgan fingerprint density at radius 3 is 2.34 bits per heavy atom. The number of hydrogen-bond donors (Lipinski definition) is 2. The van der Waals surface area contributed by atoms with Crippen molar-refractivity contribution in [3.8, 4) is 17.2 Å². The Labute approximate surface area is 187 Å². The number of unbranched alkanes of at least 4 members (excludes halogenated alkanes) is 2. The molecule has 174 valence electrons. The molecule has 10 nitrogen and oxygen atoms in total. The highest BCUT2D eigenvalue weighted by molar-refractivity contribution is 7.90. The molecule has 0 heterocycles. The average molecular weight is 466 g/mol. The first-order chi connectivity index (χ1) is 15.3. The number of carbonyl (C=O) groups is 1. The van der Waals surface area contributed by atoms with Crippen molar-refractivity contribution in [3.63, 3.8) is 0 Å². The summed E-state index contributed by atoms with van der Waals surface area (Å²) in [4.78, 5) is 21.9. The summed E-state index contributed by atoms with van der Waals surface area (Å²) in [6, 6.07) is 8.70. The van der Waals surface area contributed by atoms with Crippen LogP contribution in [0.1, 0.15) is 39.5 Å². The van der Waals surface area contributed by atoms with Crippen LogP contribution in [0.4, 0.5) is 10.5 Å². The number of ether oxygens (including phenoxy) is 2. The van der Waals surface area contributed by atoms with Crippen molar-refractivity contribution in [2.75, 3.05) is 13.2 Å². The van der Waals surface area contributed by atoms with E-state index in [2.05, 4.69) is 5.32 Å². The molecule has 2 aromatic rings. The van der Waals surface area contributed by atoms with Crippen molar-refractivity contribution in [1.29, 1.82) is 0 Å². The van der Waals surface area contributed by atoms with Gasteiger partial charge in [0.2, 0.25) is 0 Å². The molecule has 0 spiro atoms. The van der Waals surface area contributed by atoms with E-state index in [1.54, 1.807) is 24.3 Å². The van der Waals surface area contributed by atoms with Crippen LogP contribution in [0, 0.1) is 10.1 Å². The SMILES string of the molecule is CCCCCNC(=O)NS(=O)(=O)c1cc([N+](=O)[O-])ccc1Oc1ccc(OCCC)cc1. The highest BCUT2D eigenvalue weighted by Crippen LogP contribution is 2.32. The van der Waals surface area contributed by atoms with E-state index in [-0.39, 0.29) is 5.75 Å². The Bertz CT molecular complexity index is 1020. The monoisotopic (exact) mass is 465 g/mol. The summed E-state index contributed by atoms with van der Waals surface area (Å²) in [5.74, 6) is 0.754. The van der Waals surface area contributed by atoms with Crippen LogP contribution < -0.4 is 19.5 Å². The van der Waals surface area contributed by atoms with Gasteiger partial charge in [0, 0.05) is 18.7 Å². The van der Waals surface area contributed by atoms with Gasteiger partial charge in [0.25, 0.3) is 15.7 Å². The molecule has 0 saturated heterocycles. The number of rotatable bonds is 12. The number of nitro benzene ring substituents is 1. The van der Waals surface area contributed by atoms with Gasteiger partial charge in [0.1, 0.15) is 22.1 Å². The fraction of sp³-hybridized carbons (Fsp3) is 0.381. The minimum Gasteiger partial charge on any atom is -0.494 e. The minimum atomic E-state index is -4.45. The first-order valence-electron chi connectivity index (χ1n) is 10.3. The van der Waals surface area contributed by atoms with Crippen LogP contribution in [0.25, 0.3) is 0 Å². The Morgan fingerprint density at radius 2 is 1.72 bits per heavy atom. The second-order valence-electron chi connectivity index (χ2n) is 6.88. The zero-order chi connectivity index (χ0) is 23.6. The van der Waals surface area contributed by atoms with E-state index in [9.17, 15) is 23.3 Å². The smallest absolute Gasteiger partial charge is 0.328 e. The Kier molecular flexibility index (Phi) is 9.26. The second kappa shape index (κ2) is 11.9. The van der Waals surface area contributed by atoms with E-state index in [1.165, 1.54) is 6.07 Å². The highest BCUT2D eigenvalue weighted by atomic mass is 32.2. The predicted molar refractivity (Wildman–Crippen MR) is 119 cm³/mol. The minimum absolute atomic E-state index is 0.163. The molecule has 2 aromatic carbocycles. The maximum atomic E-state index is 12.8. The standard InChI is InChI=1S/C21H27N3O7S/c1-3-5-6-13-22-21(25)23-32(28,29)20-15-16(24(26)27)7-12-19(20)31-18-10-8-17(9-11-18)30-14-4-2/h7-12,15H,3-6,13-14H2,1-2H3,(H2,22,23,25). The number of sulfonamides is 1. The second-order valence-corrected chi connectivity index (χ2v) is 8.53. The molecular formula is C21H27N3O7S. The van der Waals surface area contributed by atoms with Gasteiger partial charge in [0.05, 0.1) is 11.5 Å². The molecule has 32 heavy (non-hydrogen) atoms. The number of non-ortho nitro benzene ring substituents is 1. The summed E-state index contributed by atoms with van der Waals surface area (Å²) in [5.41, 5.74) is -0.454. The summed E-state index contributed by atoms with van der Waals surface area (Å²) >= 11 is 0. The maximum absolute atomic E-state index is 12.8. The molecule has 2 rings (SSSR count). The molecule has 0 aromatic heterocycles. The van der Waals surface area contributed by atoms with Crippen LogP contribution in [0.3, 0.4) is 0 Å². The van der Waals surface area contributed by atoms with Crippen LogP contribution >= 0.6 is 0 Å². The number of amides is 2. The van der Waals surface area contributed by atoms with E-state index >= 15 is 0 Å². The summed E-state index contributed by atoms with van der Waals surface area (Å²) < 4.78 is 38.6. The zero-order valence-corrected chi connectivity index (χ0v) is 18.8. The number of nitrogens with zero attached hydrogens (tertiary/aromatic N) is 1. The van der Waals surface area contributed by atoms with Crippen molar-refractivity contribution < 1.29 is 27.6 Å². The van der Waals surface area contributed by atoms with E-state index < -0.39 is 31.6 Å². The lowest BCUT2D eigenvalue weighted by Crippen LogP contribution is -2.39. The Hall–Kier alpha value is -3.34. The van der Waals surface area contributed by atoms with Gasteiger partial charge < -0.3 is 14.8 Å². The third-order valence-corrected chi connectivity index (χ3v) is 5.60. The van der Waals surface area contributed by atoms with Crippen LogP contribution in [-0.2, 0) is 10.0 Å². The first kappa shape index (κ1) is 24.9. The van der Waals surface area contributed by atoms with Crippen molar-refractivity contribution in [2.45, 2.75) is 44.4 Å². The maximum Gasteiger partial charge on any atom is 0.328 e. The molecule has 2 N–H and O–H groups in total. The number of nitro groups is 1. The Balaban J connectivity index is 2.25. The van der Waals surface area contributed by atoms with Gasteiger partial charge in [-0.3, -0.25) is 10.1 Å². The highest BCUT2D eigenvalue weighted by Gasteiger charge is 2.26. The molecule has 0 bridgehead atoms. The summed E-state index contributed by atoms with van der Waals surface area (Å²) in [7, 11) is -4.45. The molecule has 0 fully saturated rings. The molecular weight excluding hydrogens is 438 g/mol. The fourth-order valence-corrected chi connectivity index (χ4v) is 3.72. The van der Waals surface area contributed by atoms with Crippen molar-refractivity contribution >= 4 is 21.7 Å². The number of benzene rings is 2. The zero-order valence-electron chi connectivity index (χ0n) is 18.0. The van der Waals surface area contributed by atoms with Crippen LogP contribution in [0.15, 0.2) is 47.4 Å². The van der Waals surface area contributed by atoms with Gasteiger partial charge in [-0.05, 0) is 43.2 Å². The van der Waals surface area contributed by atoms with E-state index in [0.717, 1.165) is 31.4 Å². The largest absolute Gasteiger partial charge is 0.494 e. The number of nitrogens with one attached hydrogen (secondary N) is 2. The van der Waals surface area contributed by atoms with Gasteiger partial charge in [-0.2, -0.15) is 0 Å². The molecule has 11 heteroatoms. The van der Waals surface area contributed by atoms with Gasteiger partial charge in [-0.15, -0.1) is 0 Å². The topological polar surface area (TPSA) is 137 Å². The summed E-state index contributed by atoms with van der Waals surface area (Å²) in [6.07, 6.45) is 3.38. The molecule has 0 unspecified atom stereocenters. The number of carbonyl (C=O) groups excluding carboxylic acids is 1. The van der Waals surface area contributed by atoms with Crippen molar-refractivity contribution in [3.05, 3.63) is 52.6 Å². The van der Waals surface area contributed by atoms with Gasteiger partial charge in [-0.25, -0.2) is 17.9 Å². The van der Waals surface area contributed by atoms with Crippen molar-refractivity contribution in [2.24, 2.45) is 0 Å². The molecule has 0 aliphatic carbocycles. The third-order valence-electron chi connectivity index (χ3n) is 4.24. The van der Waals surface area contributed by atoms with Gasteiger partial charge in [-0.1, -0.05) is 26.7 Å². The van der Waals surface area contributed by atoms with E-state index in [1.807, 2.05) is 18.6 Å². The molecule has 0 atom stereocenters. The third kappa shape index (κ3) is 7.41. The summed E-state index contributed by atoms with van der Waals surface area (Å²) in [6.45, 7) is 4.84. The Morgan fingerprint density at radius 1 is 1.03 bits per heavy atom. The molecule has 0 radical (unpaired) electrons. The fourth-order valence-electron chi connectivity index (χ4n) is 2.65.